The summed E-state index contributed by atoms with van der Waals surface area (Å²) in [6.07, 6.45) is 8.22. The molecule has 2 saturated carbocycles. The maximum Gasteiger partial charge on any atom is 0.216 e. The maximum atomic E-state index is 13.8. The zero-order valence-corrected chi connectivity index (χ0v) is 26.7. The molecule has 1 aromatic rings. The standard InChI is InChI=1S/C32H53N5O3S/c1-21-8-6-9-22(2)29(21)27-15-28-35-30(34-27)36-41(38,39)26-11-7-10-23(14-26)19-37(24-17-32(18-24)12-13-33-32)25(20-40-28)16-31(3,4)5/h6,8-9,23-28,30,33-36H,7,10-20H2,1-5H3/t23?,24?,25-,26?,27?,28?,30?,32?/m1/s1. The highest BCUT2D eigenvalue weighted by Crippen LogP contribution is 2.45. The Morgan fingerprint density at radius 3 is 2.46 bits per heavy atom. The summed E-state index contributed by atoms with van der Waals surface area (Å²) in [4.78, 5) is 2.77. The Hall–Kier alpha value is -1.07. The molecule has 41 heavy (non-hydrogen) atoms. The smallest absolute Gasteiger partial charge is 0.216 e. The number of hydrogen-bond acceptors (Lipinski definition) is 7. The SMILES string of the molecule is Cc1cccc(C)c1C1CC2NC(N1)NS(=O)(=O)C1CCCC(C1)CN(C1CC3(CCN3)C1)[C@H](CC(C)(C)C)CO2. The lowest BCUT2D eigenvalue weighted by molar-refractivity contribution is -0.0852. The van der Waals surface area contributed by atoms with Gasteiger partial charge in [0.15, 0.2) is 0 Å². The first-order valence-electron chi connectivity index (χ1n) is 16.1. The van der Waals surface area contributed by atoms with Crippen molar-refractivity contribution in [2.24, 2.45) is 11.3 Å². The third-order valence-electron chi connectivity index (χ3n) is 10.6. The van der Waals surface area contributed by atoms with Crippen molar-refractivity contribution < 1.29 is 13.2 Å². The molecule has 6 atom stereocenters. The first kappa shape index (κ1) is 30.0. The van der Waals surface area contributed by atoms with E-state index >= 15 is 0 Å². The van der Waals surface area contributed by atoms with Crippen molar-refractivity contribution in [1.29, 1.82) is 0 Å². The molecule has 3 heterocycles. The van der Waals surface area contributed by atoms with Gasteiger partial charge in [-0.3, -0.25) is 15.5 Å². The summed E-state index contributed by atoms with van der Waals surface area (Å²) in [5.41, 5.74) is 4.20. The Labute approximate surface area is 248 Å². The number of ether oxygens (including phenoxy) is 1. The van der Waals surface area contributed by atoms with Crippen LogP contribution in [0.2, 0.25) is 0 Å². The molecule has 1 aromatic carbocycles. The number of nitrogens with one attached hydrogen (secondary N) is 4. The average molecular weight is 588 g/mol. The number of benzene rings is 1. The van der Waals surface area contributed by atoms with Gasteiger partial charge in [-0.15, -0.1) is 0 Å². The van der Waals surface area contributed by atoms with Crippen LogP contribution in [0.1, 0.15) is 101 Å². The molecular weight excluding hydrogens is 534 g/mol. The molecule has 2 aliphatic carbocycles. The summed E-state index contributed by atoms with van der Waals surface area (Å²) in [6, 6.07) is 7.21. The first-order chi connectivity index (χ1) is 19.4. The van der Waals surface area contributed by atoms with Crippen LogP contribution in [0.15, 0.2) is 18.2 Å². The van der Waals surface area contributed by atoms with E-state index in [2.05, 4.69) is 78.4 Å². The zero-order chi connectivity index (χ0) is 29.0. The lowest BCUT2D eigenvalue weighted by Gasteiger charge is -2.59. The van der Waals surface area contributed by atoms with Crippen LogP contribution in [-0.4, -0.2) is 68.4 Å². The van der Waals surface area contributed by atoms with E-state index in [-0.39, 0.29) is 22.9 Å². The molecule has 0 amide bonds. The van der Waals surface area contributed by atoms with Crippen LogP contribution in [0.5, 0.6) is 0 Å². The normalized spacial score (nSPS) is 40.0. The van der Waals surface area contributed by atoms with E-state index in [0.29, 0.717) is 30.1 Å². The summed E-state index contributed by atoms with van der Waals surface area (Å²) in [7, 11) is -3.52. The van der Waals surface area contributed by atoms with Crippen molar-refractivity contribution in [1.82, 2.24) is 25.6 Å². The van der Waals surface area contributed by atoms with Gasteiger partial charge in [0.05, 0.1) is 11.9 Å². The molecule has 5 aliphatic rings. The van der Waals surface area contributed by atoms with Gasteiger partial charge in [0.1, 0.15) is 12.5 Å². The monoisotopic (exact) mass is 587 g/mol. The largest absolute Gasteiger partial charge is 0.362 e. The highest BCUT2D eigenvalue weighted by Gasteiger charge is 2.52. The lowest BCUT2D eigenvalue weighted by Crippen LogP contribution is -2.70. The molecule has 5 unspecified atom stereocenters. The van der Waals surface area contributed by atoms with E-state index in [1.54, 1.807) is 0 Å². The van der Waals surface area contributed by atoms with Gasteiger partial charge in [0, 0.05) is 36.6 Å². The molecule has 3 aliphatic heterocycles. The second-order valence-electron chi connectivity index (χ2n) is 15.1. The van der Waals surface area contributed by atoms with E-state index in [0.717, 1.165) is 51.6 Å². The van der Waals surface area contributed by atoms with Crippen LogP contribution in [0.3, 0.4) is 0 Å². The summed E-state index contributed by atoms with van der Waals surface area (Å²) in [5.74, 6) is 0.391. The summed E-state index contributed by atoms with van der Waals surface area (Å²) < 4.78 is 37.4. The third-order valence-corrected chi connectivity index (χ3v) is 12.5. The molecule has 5 fully saturated rings. The van der Waals surface area contributed by atoms with Gasteiger partial charge < -0.3 is 10.1 Å². The zero-order valence-electron chi connectivity index (χ0n) is 25.8. The van der Waals surface area contributed by atoms with Crippen LogP contribution >= 0.6 is 0 Å². The number of aryl methyl sites for hydroxylation is 2. The van der Waals surface area contributed by atoms with Crippen molar-refractivity contribution in [3.63, 3.8) is 0 Å². The molecule has 0 aromatic heterocycles. The van der Waals surface area contributed by atoms with Crippen LogP contribution in [0.4, 0.5) is 0 Å². The van der Waals surface area contributed by atoms with Crippen molar-refractivity contribution in [3.05, 3.63) is 34.9 Å². The van der Waals surface area contributed by atoms with Crippen molar-refractivity contribution >= 4 is 10.0 Å². The fourth-order valence-electron chi connectivity index (χ4n) is 8.50. The van der Waals surface area contributed by atoms with Gasteiger partial charge in [0.25, 0.3) is 0 Å². The van der Waals surface area contributed by atoms with Gasteiger partial charge >= 0.3 is 0 Å². The highest BCUT2D eigenvalue weighted by atomic mass is 32.2. The second-order valence-corrected chi connectivity index (χ2v) is 17.1. The Bertz CT molecular complexity index is 1170. The molecular formula is C32H53N5O3S. The van der Waals surface area contributed by atoms with Gasteiger partial charge in [0.2, 0.25) is 10.0 Å². The number of hydrogen-bond donors (Lipinski definition) is 4. The van der Waals surface area contributed by atoms with Gasteiger partial charge in [-0.2, -0.15) is 4.72 Å². The molecule has 9 heteroatoms. The maximum absolute atomic E-state index is 13.8. The third kappa shape index (κ3) is 6.56. The topological polar surface area (TPSA) is 94.7 Å². The van der Waals surface area contributed by atoms with E-state index in [1.165, 1.54) is 36.0 Å². The van der Waals surface area contributed by atoms with Crippen molar-refractivity contribution in [2.75, 3.05) is 19.7 Å². The fourth-order valence-corrected chi connectivity index (χ4v) is 10.2. The number of fused-ring (bicyclic) bond motifs is 4. The highest BCUT2D eigenvalue weighted by molar-refractivity contribution is 7.90. The predicted octanol–water partition coefficient (Wildman–Crippen LogP) is 4.05. The minimum Gasteiger partial charge on any atom is -0.362 e. The van der Waals surface area contributed by atoms with Crippen molar-refractivity contribution in [3.8, 4) is 0 Å². The summed E-state index contributed by atoms with van der Waals surface area (Å²) in [6.45, 7) is 14.1. The summed E-state index contributed by atoms with van der Waals surface area (Å²) in [5, 5.41) is 10.5. The Balaban J connectivity index is 1.32. The van der Waals surface area contributed by atoms with Crippen LogP contribution in [-0.2, 0) is 14.8 Å². The van der Waals surface area contributed by atoms with Crippen LogP contribution in [0.25, 0.3) is 0 Å². The second kappa shape index (κ2) is 11.5. The minimum atomic E-state index is -3.52. The molecule has 8 nitrogen and oxygen atoms in total. The molecule has 4 N–H and O–H groups in total. The number of nitrogens with zero attached hydrogens (tertiary/aromatic N) is 1. The quantitative estimate of drug-likeness (QED) is 0.424. The Morgan fingerprint density at radius 2 is 1.80 bits per heavy atom. The van der Waals surface area contributed by atoms with Gasteiger partial charge in [-0.05, 0) is 93.4 Å². The van der Waals surface area contributed by atoms with E-state index in [1.807, 2.05) is 0 Å². The van der Waals surface area contributed by atoms with Crippen molar-refractivity contribution in [2.45, 2.75) is 134 Å². The predicted molar refractivity (Wildman–Crippen MR) is 164 cm³/mol. The fraction of sp³-hybridized carbons (Fsp3) is 0.812. The van der Waals surface area contributed by atoms with Gasteiger partial charge in [-0.1, -0.05) is 45.4 Å². The molecule has 4 bridgehead atoms. The Morgan fingerprint density at radius 1 is 1.07 bits per heavy atom. The van der Waals surface area contributed by atoms with Gasteiger partial charge in [-0.25, -0.2) is 8.42 Å². The van der Waals surface area contributed by atoms with E-state index < -0.39 is 16.3 Å². The molecule has 0 radical (unpaired) electrons. The number of rotatable bonds is 3. The minimum absolute atomic E-state index is 0.00673. The van der Waals surface area contributed by atoms with E-state index in [4.69, 9.17) is 4.74 Å². The van der Waals surface area contributed by atoms with E-state index in [9.17, 15) is 8.42 Å². The molecule has 1 spiro atoms. The molecule has 230 valence electrons. The lowest BCUT2D eigenvalue weighted by atomic mass is 9.65. The summed E-state index contributed by atoms with van der Waals surface area (Å²) >= 11 is 0. The first-order valence-corrected chi connectivity index (χ1v) is 17.7. The number of sulfonamides is 1. The average Bonchev–Trinajstić information content (AvgIpc) is 2.83. The molecule has 3 saturated heterocycles. The Kier molecular flexibility index (Phi) is 8.37. The van der Waals surface area contributed by atoms with Crippen LogP contribution in [0, 0.1) is 25.2 Å². The molecule has 6 rings (SSSR count). The van der Waals surface area contributed by atoms with Crippen LogP contribution < -0.4 is 20.7 Å².